The Kier molecular flexibility index (Phi) is 4.05. The maximum absolute atomic E-state index is 6.04. The first-order chi connectivity index (χ1) is 8.41. The molecule has 1 saturated heterocycles. The topological polar surface area (TPSA) is 38.5 Å². The molecule has 106 valence electrons. The minimum atomic E-state index is 0.254. The van der Waals surface area contributed by atoms with E-state index in [1.807, 2.05) is 7.11 Å². The van der Waals surface area contributed by atoms with Gasteiger partial charge in [-0.05, 0) is 50.1 Å². The molecule has 0 aromatic carbocycles. The van der Waals surface area contributed by atoms with Crippen LogP contribution in [0.5, 0.6) is 0 Å². The average molecular weight is 254 g/mol. The zero-order chi connectivity index (χ0) is 13.4. The fraction of sp³-hybridized carbons (Fsp3) is 1.00. The van der Waals surface area contributed by atoms with Crippen molar-refractivity contribution in [3.63, 3.8) is 0 Å². The molecule has 1 heterocycles. The van der Waals surface area contributed by atoms with Crippen molar-refractivity contribution in [3.05, 3.63) is 0 Å². The van der Waals surface area contributed by atoms with Crippen LogP contribution in [-0.4, -0.2) is 43.3 Å². The van der Waals surface area contributed by atoms with Gasteiger partial charge in [0.25, 0.3) is 0 Å². The molecular formula is C15H30N2O. The normalized spacial score (nSPS) is 35.5. The van der Waals surface area contributed by atoms with Crippen LogP contribution in [0.2, 0.25) is 0 Å². The van der Waals surface area contributed by atoms with E-state index in [9.17, 15) is 0 Å². The van der Waals surface area contributed by atoms with Crippen LogP contribution >= 0.6 is 0 Å². The van der Waals surface area contributed by atoms with E-state index in [2.05, 4.69) is 25.7 Å². The molecule has 1 saturated carbocycles. The van der Waals surface area contributed by atoms with Gasteiger partial charge in [0.15, 0.2) is 0 Å². The van der Waals surface area contributed by atoms with Gasteiger partial charge in [-0.1, -0.05) is 20.8 Å². The Balaban J connectivity index is 1.89. The molecule has 0 bridgehead atoms. The van der Waals surface area contributed by atoms with Gasteiger partial charge in [-0.25, -0.2) is 0 Å². The fourth-order valence-corrected chi connectivity index (χ4v) is 3.73. The zero-order valence-corrected chi connectivity index (χ0v) is 12.5. The van der Waals surface area contributed by atoms with Crippen molar-refractivity contribution in [1.82, 2.24) is 4.90 Å². The minimum Gasteiger partial charge on any atom is -0.381 e. The Labute approximate surface area is 112 Å². The Morgan fingerprint density at radius 2 is 1.78 bits per heavy atom. The second kappa shape index (κ2) is 5.10. The van der Waals surface area contributed by atoms with Gasteiger partial charge in [-0.15, -0.1) is 0 Å². The second-order valence-electron chi connectivity index (χ2n) is 7.32. The molecule has 0 unspecified atom stereocenters. The van der Waals surface area contributed by atoms with E-state index in [1.54, 1.807) is 0 Å². The molecule has 18 heavy (non-hydrogen) atoms. The van der Waals surface area contributed by atoms with Gasteiger partial charge in [0.2, 0.25) is 0 Å². The summed E-state index contributed by atoms with van der Waals surface area (Å²) in [7, 11) is 1.82. The first-order valence-corrected chi connectivity index (χ1v) is 7.39. The highest BCUT2D eigenvalue weighted by Crippen LogP contribution is 2.43. The predicted molar refractivity (Wildman–Crippen MR) is 75.6 cm³/mol. The van der Waals surface area contributed by atoms with Crippen LogP contribution in [0.3, 0.4) is 0 Å². The molecule has 2 N–H and O–H groups in total. The van der Waals surface area contributed by atoms with Crippen LogP contribution in [0.4, 0.5) is 0 Å². The van der Waals surface area contributed by atoms with Crippen LogP contribution in [0.15, 0.2) is 0 Å². The van der Waals surface area contributed by atoms with Crippen molar-refractivity contribution >= 4 is 0 Å². The van der Waals surface area contributed by atoms with Crippen molar-refractivity contribution in [2.24, 2.45) is 17.1 Å². The second-order valence-corrected chi connectivity index (χ2v) is 7.32. The summed E-state index contributed by atoms with van der Waals surface area (Å²) in [6.07, 6.45) is 5.33. The molecule has 3 nitrogen and oxygen atoms in total. The minimum absolute atomic E-state index is 0.254. The summed E-state index contributed by atoms with van der Waals surface area (Å²) < 4.78 is 5.43. The van der Waals surface area contributed by atoms with E-state index in [0.717, 1.165) is 25.3 Å². The molecule has 3 heteroatoms. The SMILES string of the molecule is COC1CC(CN)(N2CCC(C(C)(C)C)CC2)C1. The Hall–Kier alpha value is -0.120. The summed E-state index contributed by atoms with van der Waals surface area (Å²) in [6.45, 7) is 10.3. The molecule has 0 aromatic rings. The van der Waals surface area contributed by atoms with Crippen molar-refractivity contribution in [3.8, 4) is 0 Å². The highest BCUT2D eigenvalue weighted by molar-refractivity contribution is 5.05. The van der Waals surface area contributed by atoms with Gasteiger partial charge in [0, 0.05) is 19.2 Å². The number of nitrogens with two attached hydrogens (primary N) is 1. The number of nitrogens with zero attached hydrogens (tertiary/aromatic N) is 1. The number of ether oxygens (including phenoxy) is 1. The smallest absolute Gasteiger partial charge is 0.0607 e. The Bertz CT molecular complexity index is 271. The molecule has 1 aliphatic heterocycles. The summed E-state index contributed by atoms with van der Waals surface area (Å²) >= 11 is 0. The lowest BCUT2D eigenvalue weighted by Gasteiger charge is -2.55. The lowest BCUT2D eigenvalue weighted by Crippen LogP contribution is -2.65. The Morgan fingerprint density at radius 1 is 1.22 bits per heavy atom. The maximum Gasteiger partial charge on any atom is 0.0607 e. The van der Waals surface area contributed by atoms with E-state index in [1.165, 1.54) is 25.9 Å². The van der Waals surface area contributed by atoms with Crippen LogP contribution < -0.4 is 5.73 Å². The van der Waals surface area contributed by atoms with Crippen LogP contribution in [0.1, 0.15) is 46.5 Å². The van der Waals surface area contributed by atoms with Gasteiger partial charge >= 0.3 is 0 Å². The van der Waals surface area contributed by atoms with Gasteiger partial charge in [-0.3, -0.25) is 4.90 Å². The summed E-state index contributed by atoms with van der Waals surface area (Å²) in [4.78, 5) is 2.64. The monoisotopic (exact) mass is 254 g/mol. The van der Waals surface area contributed by atoms with Gasteiger partial charge in [0.1, 0.15) is 0 Å². The maximum atomic E-state index is 6.04. The number of hydrogen-bond donors (Lipinski definition) is 1. The third kappa shape index (κ3) is 2.59. The van der Waals surface area contributed by atoms with Crippen molar-refractivity contribution < 1.29 is 4.74 Å². The van der Waals surface area contributed by atoms with Crippen molar-refractivity contribution in [2.45, 2.75) is 58.1 Å². The van der Waals surface area contributed by atoms with Crippen molar-refractivity contribution in [2.75, 3.05) is 26.7 Å². The van der Waals surface area contributed by atoms with E-state index < -0.39 is 0 Å². The molecule has 0 radical (unpaired) electrons. The molecular weight excluding hydrogens is 224 g/mol. The van der Waals surface area contributed by atoms with Crippen LogP contribution in [-0.2, 0) is 4.74 Å². The first-order valence-electron chi connectivity index (χ1n) is 7.39. The van der Waals surface area contributed by atoms with E-state index in [-0.39, 0.29) is 5.54 Å². The Morgan fingerprint density at radius 3 is 2.17 bits per heavy atom. The first kappa shape index (κ1) is 14.3. The fourth-order valence-electron chi connectivity index (χ4n) is 3.73. The molecule has 0 spiro atoms. The lowest BCUT2D eigenvalue weighted by atomic mass is 9.69. The third-order valence-corrected chi connectivity index (χ3v) is 5.32. The zero-order valence-electron chi connectivity index (χ0n) is 12.5. The summed E-state index contributed by atoms with van der Waals surface area (Å²) in [5, 5.41) is 0. The quantitative estimate of drug-likeness (QED) is 0.839. The number of hydrogen-bond acceptors (Lipinski definition) is 3. The van der Waals surface area contributed by atoms with E-state index >= 15 is 0 Å². The standard InChI is InChI=1S/C15H30N2O/c1-14(2,3)12-5-7-17(8-6-12)15(11-16)9-13(10-15)18-4/h12-13H,5-11,16H2,1-4H3. The van der Waals surface area contributed by atoms with E-state index in [4.69, 9.17) is 10.5 Å². The van der Waals surface area contributed by atoms with Crippen molar-refractivity contribution in [1.29, 1.82) is 0 Å². The number of likely N-dealkylation sites (tertiary alicyclic amines) is 1. The molecule has 1 aliphatic carbocycles. The predicted octanol–water partition coefficient (Wildman–Crippen LogP) is 2.25. The lowest BCUT2D eigenvalue weighted by molar-refractivity contribution is -0.100. The van der Waals surface area contributed by atoms with Crippen LogP contribution in [0.25, 0.3) is 0 Å². The molecule has 2 aliphatic rings. The van der Waals surface area contributed by atoms with Crippen LogP contribution in [0, 0.1) is 11.3 Å². The van der Waals surface area contributed by atoms with Gasteiger partial charge in [-0.2, -0.15) is 0 Å². The largest absolute Gasteiger partial charge is 0.381 e. The molecule has 0 amide bonds. The average Bonchev–Trinajstić information content (AvgIpc) is 2.28. The molecule has 2 fully saturated rings. The summed E-state index contributed by atoms with van der Waals surface area (Å²) in [5.74, 6) is 0.863. The summed E-state index contributed by atoms with van der Waals surface area (Å²) in [5.41, 5.74) is 6.75. The highest BCUT2D eigenvalue weighted by atomic mass is 16.5. The molecule has 0 aromatic heterocycles. The number of piperidine rings is 1. The van der Waals surface area contributed by atoms with Gasteiger partial charge in [0.05, 0.1) is 6.10 Å². The van der Waals surface area contributed by atoms with E-state index in [0.29, 0.717) is 11.5 Å². The summed E-state index contributed by atoms with van der Waals surface area (Å²) in [6, 6.07) is 0. The highest BCUT2D eigenvalue weighted by Gasteiger charge is 2.48. The molecule has 0 atom stereocenters. The molecule has 2 rings (SSSR count). The third-order valence-electron chi connectivity index (χ3n) is 5.32. The number of rotatable bonds is 3. The van der Waals surface area contributed by atoms with Gasteiger partial charge < -0.3 is 10.5 Å². The number of methoxy groups -OCH3 is 1.